The molecule has 0 aromatic rings. The number of hydrogen-bond donors (Lipinski definition) is 0. The van der Waals surface area contributed by atoms with E-state index in [2.05, 4.69) is 6.92 Å². The Morgan fingerprint density at radius 2 is 1.30 bits per heavy atom. The van der Waals surface area contributed by atoms with Crippen LogP contribution in [-0.4, -0.2) is 6.54 Å². The molecule has 0 rings (SSSR count). The molecule has 0 heterocycles. The monoisotopic (exact) mass is 222 g/mol. The maximum Gasteiger partial charge on any atom is 0 e. The van der Waals surface area contributed by atoms with Gasteiger partial charge in [-0.1, -0.05) is 19.8 Å². The Morgan fingerprint density at radius 1 is 1.00 bits per heavy atom. The van der Waals surface area contributed by atoms with Crippen LogP contribution in [0.15, 0.2) is 0 Å². The van der Waals surface area contributed by atoms with E-state index in [4.69, 9.17) is 5.73 Å². The number of rotatable bonds is 2. The molecule has 0 amide bonds. The fourth-order valence-electron chi connectivity index (χ4n) is 0.177. The molecule has 0 saturated carbocycles. The van der Waals surface area contributed by atoms with Crippen molar-refractivity contribution in [2.45, 2.75) is 19.8 Å². The van der Waals surface area contributed by atoms with Crippen LogP contribution < -0.4 is 0 Å². The molecule has 0 atom stereocenters. The summed E-state index contributed by atoms with van der Waals surface area (Å²) >= 11 is 0. The minimum Gasteiger partial charge on any atom is -0.677 e. The average Bonchev–Trinajstić information content (AvgIpc) is 1.41. The van der Waals surface area contributed by atoms with E-state index >= 15 is 0 Å². The molecular formula is C8H22NZr-5. The third-order valence-electron chi connectivity index (χ3n) is 0.530. The molecule has 0 spiro atoms. The van der Waals surface area contributed by atoms with Crippen molar-refractivity contribution in [3.8, 4) is 0 Å². The molecule has 0 radical (unpaired) electrons. The second-order valence-corrected chi connectivity index (χ2v) is 1.10. The summed E-state index contributed by atoms with van der Waals surface area (Å²) in [5.74, 6) is 0. The Hall–Kier alpha value is 0.843. The van der Waals surface area contributed by atoms with Crippen LogP contribution in [0.25, 0.3) is 5.73 Å². The molecule has 0 aromatic carbocycles. The van der Waals surface area contributed by atoms with E-state index in [1.54, 1.807) is 0 Å². The molecule has 0 unspecified atom stereocenters. The van der Waals surface area contributed by atoms with Crippen LogP contribution in [0.2, 0.25) is 0 Å². The molecule has 1 nitrogen and oxygen atoms in total. The molecule has 68 valence electrons. The normalized spacial score (nSPS) is 4.20. The molecule has 2 heteroatoms. The second-order valence-electron chi connectivity index (χ2n) is 1.10. The van der Waals surface area contributed by atoms with Gasteiger partial charge in [0.1, 0.15) is 0 Å². The largest absolute Gasteiger partial charge is 0.677 e. The zero-order valence-electron chi connectivity index (χ0n) is 8.12. The Bertz CT molecular complexity index is 16.7. The van der Waals surface area contributed by atoms with Gasteiger partial charge in [0.15, 0.2) is 0 Å². The van der Waals surface area contributed by atoms with Crippen LogP contribution in [0.5, 0.6) is 0 Å². The van der Waals surface area contributed by atoms with Gasteiger partial charge in [-0.3, -0.25) is 0 Å². The Labute approximate surface area is 87.9 Å². The van der Waals surface area contributed by atoms with Crippen molar-refractivity contribution in [3.05, 3.63) is 35.4 Å². The van der Waals surface area contributed by atoms with Crippen LogP contribution in [0, 0.1) is 29.7 Å². The Morgan fingerprint density at radius 3 is 1.30 bits per heavy atom. The maximum atomic E-state index is 6.60. The van der Waals surface area contributed by atoms with E-state index in [-0.39, 0.29) is 55.9 Å². The average molecular weight is 223 g/mol. The van der Waals surface area contributed by atoms with Gasteiger partial charge < -0.3 is 35.4 Å². The van der Waals surface area contributed by atoms with Gasteiger partial charge in [0.25, 0.3) is 0 Å². The van der Waals surface area contributed by atoms with Gasteiger partial charge in [-0.05, 0) is 0 Å². The minimum absolute atomic E-state index is 0. The molecule has 0 aliphatic rings. The van der Waals surface area contributed by atoms with E-state index in [0.29, 0.717) is 6.54 Å². The van der Waals surface area contributed by atoms with Crippen molar-refractivity contribution in [1.82, 2.24) is 0 Å². The molecular weight excluding hydrogens is 201 g/mol. The summed E-state index contributed by atoms with van der Waals surface area (Å²) in [4.78, 5) is 0. The first-order valence-corrected chi connectivity index (χ1v) is 2.06. The zero-order chi connectivity index (χ0) is 4.12. The van der Waals surface area contributed by atoms with Crippen LogP contribution in [0.3, 0.4) is 0 Å². The molecule has 1 N–H and O–H groups in total. The summed E-state index contributed by atoms with van der Waals surface area (Å²) < 4.78 is 0. The van der Waals surface area contributed by atoms with Crippen molar-refractivity contribution in [2.24, 2.45) is 0 Å². The van der Waals surface area contributed by atoms with Gasteiger partial charge in [-0.2, -0.15) is 6.54 Å². The summed E-state index contributed by atoms with van der Waals surface area (Å²) in [5.41, 5.74) is 6.60. The standard InChI is InChI=1S/C4H10N.4CH3.Zr/c1-2-3-4-5;;;;;/h5H,2-4H2,1H3;4*1H3;/q5*-1;. The first-order chi connectivity index (χ1) is 2.41. The van der Waals surface area contributed by atoms with E-state index in [1.807, 2.05) is 0 Å². The van der Waals surface area contributed by atoms with Gasteiger partial charge in [-0.25, -0.2) is 0 Å². The smallest absolute Gasteiger partial charge is 0 e. The molecule has 0 saturated heterocycles. The van der Waals surface area contributed by atoms with Crippen molar-refractivity contribution in [2.75, 3.05) is 6.54 Å². The predicted molar refractivity (Wildman–Crippen MR) is 49.8 cm³/mol. The quantitative estimate of drug-likeness (QED) is 0.638. The van der Waals surface area contributed by atoms with E-state index in [0.717, 1.165) is 12.8 Å². The number of hydrogen-bond acceptors (Lipinski definition) is 0. The summed E-state index contributed by atoms with van der Waals surface area (Å²) in [6.07, 6.45) is 2.21. The first-order valence-electron chi connectivity index (χ1n) is 2.06. The fraction of sp³-hybridized carbons (Fsp3) is 0.500. The molecule has 0 fully saturated rings. The van der Waals surface area contributed by atoms with Crippen molar-refractivity contribution in [3.63, 3.8) is 0 Å². The fourth-order valence-corrected chi connectivity index (χ4v) is 0.177. The summed E-state index contributed by atoms with van der Waals surface area (Å²) in [5, 5.41) is 0. The summed E-state index contributed by atoms with van der Waals surface area (Å²) in [6.45, 7) is 2.69. The van der Waals surface area contributed by atoms with E-state index in [9.17, 15) is 0 Å². The number of unbranched alkanes of at least 4 members (excludes halogenated alkanes) is 1. The SMILES string of the molecule is CCCC[NH-].[CH3-].[CH3-].[CH3-].[CH3-].[Zr]. The van der Waals surface area contributed by atoms with Crippen LogP contribution in [0.4, 0.5) is 0 Å². The van der Waals surface area contributed by atoms with Gasteiger partial charge in [0.2, 0.25) is 0 Å². The van der Waals surface area contributed by atoms with Crippen LogP contribution in [0.1, 0.15) is 19.8 Å². The van der Waals surface area contributed by atoms with Gasteiger partial charge in [0, 0.05) is 26.2 Å². The Kier molecular flexibility index (Phi) is 233. The summed E-state index contributed by atoms with van der Waals surface area (Å²) in [7, 11) is 0. The molecule has 10 heavy (non-hydrogen) atoms. The number of nitrogens with one attached hydrogen (secondary N) is 1. The maximum absolute atomic E-state index is 6.60. The summed E-state index contributed by atoms with van der Waals surface area (Å²) in [6, 6.07) is 0. The van der Waals surface area contributed by atoms with Crippen molar-refractivity contribution < 1.29 is 26.2 Å². The van der Waals surface area contributed by atoms with E-state index in [1.165, 1.54) is 0 Å². The second kappa shape index (κ2) is 52.1. The predicted octanol–water partition coefficient (Wildman–Crippen LogP) is 3.64. The van der Waals surface area contributed by atoms with Gasteiger partial charge in [-0.15, -0.1) is 0 Å². The molecule has 0 aliphatic heterocycles. The van der Waals surface area contributed by atoms with E-state index < -0.39 is 0 Å². The first kappa shape index (κ1) is 44.8. The molecule has 0 aliphatic carbocycles. The van der Waals surface area contributed by atoms with Crippen molar-refractivity contribution in [1.29, 1.82) is 0 Å². The van der Waals surface area contributed by atoms with Gasteiger partial charge >= 0.3 is 0 Å². The van der Waals surface area contributed by atoms with Crippen molar-refractivity contribution >= 4 is 0 Å². The van der Waals surface area contributed by atoms with Gasteiger partial charge in [0.05, 0.1) is 0 Å². The zero-order valence-corrected chi connectivity index (χ0v) is 10.6. The third-order valence-corrected chi connectivity index (χ3v) is 0.530. The Balaban J connectivity index is -0.00000000800. The topological polar surface area (TPSA) is 23.8 Å². The van der Waals surface area contributed by atoms with Crippen LogP contribution >= 0.6 is 0 Å². The third kappa shape index (κ3) is 67.3. The molecule has 0 aromatic heterocycles. The minimum atomic E-state index is 0. The van der Waals surface area contributed by atoms with Crippen LogP contribution in [-0.2, 0) is 26.2 Å². The molecule has 0 bridgehead atoms.